The van der Waals surface area contributed by atoms with Gasteiger partial charge in [0.2, 0.25) is 0 Å². The van der Waals surface area contributed by atoms with Crippen molar-refractivity contribution in [3.05, 3.63) is 23.5 Å². The minimum absolute atomic E-state index is 0.114. The average molecular weight is 224 g/mol. The molecule has 4 heteroatoms. The van der Waals surface area contributed by atoms with Crippen molar-refractivity contribution in [3.63, 3.8) is 0 Å². The van der Waals surface area contributed by atoms with E-state index >= 15 is 0 Å². The van der Waals surface area contributed by atoms with Crippen molar-refractivity contribution in [1.29, 1.82) is 0 Å². The van der Waals surface area contributed by atoms with Gasteiger partial charge in [-0.25, -0.2) is 0 Å². The molecule has 0 aromatic heterocycles. The molecule has 0 radical (unpaired) electrons. The summed E-state index contributed by atoms with van der Waals surface area (Å²) in [7, 11) is 7.26. The monoisotopic (exact) mass is 224 g/mol. The van der Waals surface area contributed by atoms with Crippen molar-refractivity contribution >= 4 is 11.6 Å². The Labute approximate surface area is 97.2 Å². The molecule has 0 bridgehead atoms. The standard InChI is InChI=1S/C12H20N2O2/c1-9(15)11(7-13(3)4)12(10(2)16)8-14(5)6/h7-8H,1-6H3/b11-7+,12-8+. The molecule has 0 aliphatic rings. The van der Waals surface area contributed by atoms with E-state index in [1.165, 1.54) is 13.8 Å². The number of hydrogen-bond donors (Lipinski definition) is 0. The molecule has 4 nitrogen and oxygen atoms in total. The molecule has 0 fully saturated rings. The van der Waals surface area contributed by atoms with Crippen LogP contribution in [0.2, 0.25) is 0 Å². The van der Waals surface area contributed by atoms with E-state index in [1.807, 2.05) is 28.2 Å². The number of nitrogens with zero attached hydrogens (tertiary/aromatic N) is 2. The molecular weight excluding hydrogens is 204 g/mol. The quantitative estimate of drug-likeness (QED) is 0.517. The highest BCUT2D eigenvalue weighted by molar-refractivity contribution is 6.10. The molecule has 90 valence electrons. The summed E-state index contributed by atoms with van der Waals surface area (Å²) in [6.07, 6.45) is 3.33. The van der Waals surface area contributed by atoms with Crippen LogP contribution in [0.4, 0.5) is 0 Å². The molecule has 0 unspecified atom stereocenters. The lowest BCUT2D eigenvalue weighted by Gasteiger charge is -2.14. The summed E-state index contributed by atoms with van der Waals surface area (Å²) >= 11 is 0. The molecule has 0 aromatic carbocycles. The Balaban J connectivity index is 5.46. The van der Waals surface area contributed by atoms with Crippen molar-refractivity contribution < 1.29 is 9.59 Å². The Morgan fingerprint density at radius 2 is 1.00 bits per heavy atom. The Bertz CT molecular complexity index is 305. The molecule has 0 heterocycles. The first-order valence-corrected chi connectivity index (χ1v) is 5.04. The topological polar surface area (TPSA) is 40.6 Å². The highest BCUT2D eigenvalue weighted by Crippen LogP contribution is 2.13. The fourth-order valence-corrected chi connectivity index (χ4v) is 1.22. The lowest BCUT2D eigenvalue weighted by Crippen LogP contribution is -2.15. The van der Waals surface area contributed by atoms with Crippen LogP contribution in [0.1, 0.15) is 13.8 Å². The lowest BCUT2D eigenvalue weighted by molar-refractivity contribution is -0.116. The summed E-state index contributed by atoms with van der Waals surface area (Å²) in [6, 6.07) is 0. The molecule has 0 aliphatic carbocycles. The van der Waals surface area contributed by atoms with Gasteiger partial charge in [0.05, 0.1) is 0 Å². The highest BCUT2D eigenvalue weighted by Gasteiger charge is 2.15. The van der Waals surface area contributed by atoms with E-state index in [0.717, 1.165) is 0 Å². The Morgan fingerprint density at radius 3 is 1.12 bits per heavy atom. The van der Waals surface area contributed by atoms with Gasteiger partial charge in [0, 0.05) is 51.7 Å². The maximum atomic E-state index is 11.5. The molecule has 0 saturated heterocycles. The van der Waals surface area contributed by atoms with E-state index in [4.69, 9.17) is 0 Å². The Kier molecular flexibility index (Phi) is 5.50. The molecule has 0 N–H and O–H groups in total. The number of Topliss-reactive ketones (excluding diaryl/α,β-unsaturated/α-hetero) is 2. The van der Waals surface area contributed by atoms with Crippen molar-refractivity contribution in [1.82, 2.24) is 9.80 Å². The van der Waals surface area contributed by atoms with E-state index in [0.29, 0.717) is 11.1 Å². The van der Waals surface area contributed by atoms with Gasteiger partial charge in [-0.3, -0.25) is 9.59 Å². The first-order chi connectivity index (χ1) is 7.25. The first kappa shape index (κ1) is 14.4. The molecule has 0 amide bonds. The Hall–Kier alpha value is -1.58. The second-order valence-corrected chi connectivity index (χ2v) is 4.13. The van der Waals surface area contributed by atoms with Crippen LogP contribution >= 0.6 is 0 Å². The molecule has 0 aliphatic heterocycles. The molecule has 0 saturated carbocycles. The number of rotatable bonds is 5. The van der Waals surface area contributed by atoms with Gasteiger partial charge in [0.15, 0.2) is 11.6 Å². The minimum Gasteiger partial charge on any atom is -0.383 e. The van der Waals surface area contributed by atoms with Crippen LogP contribution < -0.4 is 0 Å². The van der Waals surface area contributed by atoms with Gasteiger partial charge in [-0.2, -0.15) is 0 Å². The number of hydrogen-bond acceptors (Lipinski definition) is 4. The summed E-state index contributed by atoms with van der Waals surface area (Å²) < 4.78 is 0. The normalized spacial score (nSPS) is 12.4. The molecular formula is C12H20N2O2. The fourth-order valence-electron chi connectivity index (χ4n) is 1.22. The van der Waals surface area contributed by atoms with E-state index < -0.39 is 0 Å². The Morgan fingerprint density at radius 1 is 0.750 bits per heavy atom. The molecule has 0 aromatic rings. The zero-order chi connectivity index (χ0) is 12.9. The second kappa shape index (κ2) is 6.10. The van der Waals surface area contributed by atoms with Crippen molar-refractivity contribution in [2.75, 3.05) is 28.2 Å². The van der Waals surface area contributed by atoms with Crippen LogP contribution in [0, 0.1) is 0 Å². The third kappa shape index (κ3) is 4.77. The second-order valence-electron chi connectivity index (χ2n) is 4.13. The van der Waals surface area contributed by atoms with E-state index in [9.17, 15) is 9.59 Å². The van der Waals surface area contributed by atoms with Gasteiger partial charge in [-0.15, -0.1) is 0 Å². The molecule has 16 heavy (non-hydrogen) atoms. The van der Waals surface area contributed by atoms with Crippen LogP contribution in [0.5, 0.6) is 0 Å². The van der Waals surface area contributed by atoms with Crippen molar-refractivity contribution in [3.8, 4) is 0 Å². The predicted molar refractivity (Wildman–Crippen MR) is 64.9 cm³/mol. The molecule has 0 atom stereocenters. The molecule has 0 spiro atoms. The van der Waals surface area contributed by atoms with Crippen molar-refractivity contribution in [2.24, 2.45) is 0 Å². The SMILES string of the molecule is CC(=O)C(=C\N(C)C)/C(=C/N(C)C)C(C)=O. The van der Waals surface area contributed by atoms with E-state index in [1.54, 1.807) is 22.2 Å². The summed E-state index contributed by atoms with van der Waals surface area (Å²) in [4.78, 5) is 26.5. The largest absolute Gasteiger partial charge is 0.383 e. The highest BCUT2D eigenvalue weighted by atomic mass is 16.1. The van der Waals surface area contributed by atoms with Crippen LogP contribution in [-0.2, 0) is 9.59 Å². The maximum absolute atomic E-state index is 11.5. The predicted octanol–water partition coefficient (Wildman–Crippen LogP) is 1.06. The zero-order valence-electron chi connectivity index (χ0n) is 10.9. The smallest absolute Gasteiger partial charge is 0.162 e. The third-order valence-electron chi connectivity index (χ3n) is 1.82. The summed E-state index contributed by atoms with van der Waals surface area (Å²) in [6.45, 7) is 2.92. The fraction of sp³-hybridized carbons (Fsp3) is 0.500. The van der Waals surface area contributed by atoms with E-state index in [2.05, 4.69) is 0 Å². The van der Waals surface area contributed by atoms with Gasteiger partial charge in [0.1, 0.15) is 0 Å². The summed E-state index contributed by atoms with van der Waals surface area (Å²) in [5, 5.41) is 0. The number of allylic oxidation sites excluding steroid dienone is 2. The van der Waals surface area contributed by atoms with E-state index in [-0.39, 0.29) is 11.6 Å². The van der Waals surface area contributed by atoms with Gasteiger partial charge < -0.3 is 9.80 Å². The van der Waals surface area contributed by atoms with Crippen molar-refractivity contribution in [2.45, 2.75) is 13.8 Å². The summed E-state index contributed by atoms with van der Waals surface area (Å²) in [5.41, 5.74) is 0.873. The average Bonchev–Trinajstić information content (AvgIpc) is 2.09. The summed E-state index contributed by atoms with van der Waals surface area (Å²) in [5.74, 6) is -0.228. The maximum Gasteiger partial charge on any atom is 0.162 e. The number of carbonyl (C=O) groups excluding carboxylic acids is 2. The number of ketones is 2. The van der Waals surface area contributed by atoms with Crippen LogP contribution in [0.15, 0.2) is 23.5 Å². The van der Waals surface area contributed by atoms with Gasteiger partial charge in [-0.1, -0.05) is 0 Å². The third-order valence-corrected chi connectivity index (χ3v) is 1.82. The van der Waals surface area contributed by atoms with Gasteiger partial charge in [0.25, 0.3) is 0 Å². The van der Waals surface area contributed by atoms with Crippen LogP contribution in [-0.4, -0.2) is 49.6 Å². The zero-order valence-corrected chi connectivity index (χ0v) is 10.9. The number of carbonyl (C=O) groups is 2. The first-order valence-electron chi connectivity index (χ1n) is 5.04. The molecule has 0 rings (SSSR count). The minimum atomic E-state index is -0.114. The van der Waals surface area contributed by atoms with Gasteiger partial charge >= 0.3 is 0 Å². The van der Waals surface area contributed by atoms with Crippen LogP contribution in [0.3, 0.4) is 0 Å². The van der Waals surface area contributed by atoms with Crippen LogP contribution in [0.25, 0.3) is 0 Å². The van der Waals surface area contributed by atoms with Gasteiger partial charge in [-0.05, 0) is 13.8 Å². The lowest BCUT2D eigenvalue weighted by atomic mass is 10.0.